The van der Waals surface area contributed by atoms with Crippen molar-refractivity contribution >= 4 is 24.4 Å². The van der Waals surface area contributed by atoms with Crippen LogP contribution in [0.5, 0.6) is 11.5 Å². The Kier molecular flexibility index (Phi) is 7.78. The quantitative estimate of drug-likeness (QED) is 0.290. The number of benzene rings is 3. The van der Waals surface area contributed by atoms with E-state index >= 15 is 0 Å². The second-order valence-corrected chi connectivity index (χ2v) is 9.19. The van der Waals surface area contributed by atoms with Gasteiger partial charge in [0.2, 0.25) is 11.1 Å². The lowest BCUT2D eigenvalue weighted by Crippen LogP contribution is -2.18. The number of ether oxygens (including phenoxy) is 2. The van der Waals surface area contributed by atoms with Crippen LogP contribution in [0.15, 0.2) is 54.6 Å². The fourth-order valence-corrected chi connectivity index (χ4v) is 5.38. The van der Waals surface area contributed by atoms with Crippen LogP contribution in [0.2, 0.25) is 0 Å². The highest BCUT2D eigenvalue weighted by Gasteiger charge is 2.39. The van der Waals surface area contributed by atoms with Gasteiger partial charge in [-0.3, -0.25) is 4.79 Å². The first-order chi connectivity index (χ1) is 15.8. The average molecular weight is 463 g/mol. The molecule has 0 spiro atoms. The lowest BCUT2D eigenvalue weighted by molar-refractivity contribution is 0.103. The maximum atomic E-state index is 13.7. The van der Waals surface area contributed by atoms with Crippen LogP contribution >= 0.6 is 7.80 Å². The molecule has 6 heteroatoms. The van der Waals surface area contributed by atoms with Crippen molar-refractivity contribution in [2.75, 3.05) is 13.2 Å². The Bertz CT molecular complexity index is 1180. The van der Waals surface area contributed by atoms with E-state index in [9.17, 15) is 14.2 Å². The van der Waals surface area contributed by atoms with Crippen molar-refractivity contribution in [2.45, 2.75) is 34.6 Å². The van der Waals surface area contributed by atoms with Gasteiger partial charge in [0.05, 0.1) is 24.3 Å². The van der Waals surface area contributed by atoms with Crippen LogP contribution in [0.1, 0.15) is 56.8 Å². The van der Waals surface area contributed by atoms with Crippen LogP contribution in [-0.4, -0.2) is 24.5 Å². The van der Waals surface area contributed by atoms with Gasteiger partial charge in [-0.25, -0.2) is 4.79 Å². The van der Waals surface area contributed by atoms with E-state index in [4.69, 9.17) is 9.47 Å². The van der Waals surface area contributed by atoms with Crippen LogP contribution in [0.4, 0.5) is 0 Å². The number of ketones is 1. The Hall–Kier alpha value is -3.30. The molecule has 33 heavy (non-hydrogen) atoms. The third-order valence-corrected chi connectivity index (χ3v) is 6.68. The number of hydrogen-bond donors (Lipinski definition) is 0. The van der Waals surface area contributed by atoms with Crippen molar-refractivity contribution in [3.63, 3.8) is 0 Å². The summed E-state index contributed by atoms with van der Waals surface area (Å²) in [6.07, 6.45) is 0. The van der Waals surface area contributed by atoms with Gasteiger partial charge in [-0.15, -0.1) is 0 Å². The molecule has 1 atom stereocenters. The minimum atomic E-state index is -2.53. The first kappa shape index (κ1) is 24.3. The zero-order valence-electron chi connectivity index (χ0n) is 19.6. The third kappa shape index (κ3) is 5.04. The first-order valence-corrected chi connectivity index (χ1v) is 12.2. The maximum Gasteiger partial charge on any atom is 0.459 e. The van der Waals surface area contributed by atoms with Crippen molar-refractivity contribution in [2.24, 2.45) is 0 Å². The summed E-state index contributed by atoms with van der Waals surface area (Å²) in [6.45, 7) is 10.0. The normalized spacial score (nSPS) is 11.1. The molecular weight excluding hydrogens is 435 g/mol. The molecule has 0 heterocycles. The molecule has 0 aromatic heterocycles. The van der Waals surface area contributed by atoms with Crippen molar-refractivity contribution < 1.29 is 23.6 Å². The smallest absolute Gasteiger partial charge is 0.459 e. The van der Waals surface area contributed by atoms with Gasteiger partial charge in [0.15, 0.2) is 0 Å². The van der Waals surface area contributed by atoms with Crippen LogP contribution in [-0.2, 0) is 4.57 Å². The highest BCUT2D eigenvalue weighted by atomic mass is 31.1. The van der Waals surface area contributed by atoms with Gasteiger partial charge < -0.3 is 9.47 Å². The van der Waals surface area contributed by atoms with Gasteiger partial charge in [-0.1, -0.05) is 40.5 Å². The second-order valence-electron chi connectivity index (χ2n) is 7.71. The summed E-state index contributed by atoms with van der Waals surface area (Å²) in [4.78, 5) is 27.0. The summed E-state index contributed by atoms with van der Waals surface area (Å²) >= 11 is 0. The SMILES string of the molecule is CCOc1cccc(OCC)c1C(=O)c1ccccc1[P+](=O)C(=O)c1c(C)cc(C)cc1C. The Morgan fingerprint density at radius 1 is 0.788 bits per heavy atom. The molecule has 0 aliphatic carbocycles. The Morgan fingerprint density at radius 2 is 1.33 bits per heavy atom. The van der Waals surface area contributed by atoms with E-state index in [1.165, 1.54) is 0 Å². The topological polar surface area (TPSA) is 69.7 Å². The number of rotatable bonds is 9. The average Bonchev–Trinajstić information content (AvgIpc) is 2.78. The summed E-state index contributed by atoms with van der Waals surface area (Å²) in [6, 6.07) is 15.5. The lowest BCUT2D eigenvalue weighted by Gasteiger charge is -2.14. The molecule has 0 amide bonds. The van der Waals surface area contributed by atoms with Crippen LogP contribution in [0.3, 0.4) is 0 Å². The van der Waals surface area contributed by atoms with Crippen LogP contribution < -0.4 is 14.8 Å². The Morgan fingerprint density at radius 3 is 1.88 bits per heavy atom. The van der Waals surface area contributed by atoms with Gasteiger partial charge in [0, 0.05) is 0 Å². The maximum absolute atomic E-state index is 13.7. The first-order valence-electron chi connectivity index (χ1n) is 10.9. The largest absolute Gasteiger partial charge is 0.493 e. The number of carbonyl (C=O) groups is 2. The highest BCUT2D eigenvalue weighted by molar-refractivity contribution is 7.71. The van der Waals surface area contributed by atoms with Gasteiger partial charge in [0.1, 0.15) is 17.1 Å². The zero-order chi connectivity index (χ0) is 24.1. The fraction of sp³-hybridized carbons (Fsp3) is 0.259. The molecule has 3 aromatic carbocycles. The van der Waals surface area contributed by atoms with Crippen LogP contribution in [0.25, 0.3) is 0 Å². The van der Waals surface area contributed by atoms with Crippen molar-refractivity contribution in [1.82, 2.24) is 0 Å². The van der Waals surface area contributed by atoms with Gasteiger partial charge in [-0.05, 0) is 70.0 Å². The third-order valence-electron chi connectivity index (χ3n) is 5.26. The van der Waals surface area contributed by atoms with E-state index in [2.05, 4.69) is 0 Å². The standard InChI is InChI=1S/C27H28O5P/c1-6-31-21-12-10-13-22(32-7-2)25(21)26(28)20-11-8-9-14-23(20)33(30)27(29)24-18(4)15-17(3)16-19(24)5/h8-16H,6-7H2,1-5H3/q+1. The molecule has 0 bridgehead atoms. The van der Waals surface area contributed by atoms with Crippen molar-refractivity contribution in [3.8, 4) is 11.5 Å². The van der Waals surface area contributed by atoms with E-state index in [0.29, 0.717) is 30.3 Å². The molecule has 1 unspecified atom stereocenters. The second kappa shape index (κ2) is 10.5. The van der Waals surface area contributed by atoms with Crippen LogP contribution in [0, 0.1) is 20.8 Å². The molecule has 0 saturated heterocycles. The van der Waals surface area contributed by atoms with E-state index in [1.807, 2.05) is 46.8 Å². The van der Waals surface area contributed by atoms with E-state index in [-0.39, 0.29) is 16.4 Å². The molecule has 0 fully saturated rings. The van der Waals surface area contributed by atoms with Gasteiger partial charge in [0.25, 0.3) is 0 Å². The lowest BCUT2D eigenvalue weighted by atomic mass is 10.0. The van der Waals surface area contributed by atoms with Gasteiger partial charge in [-0.2, -0.15) is 0 Å². The van der Waals surface area contributed by atoms with E-state index in [0.717, 1.165) is 16.7 Å². The summed E-state index contributed by atoms with van der Waals surface area (Å²) in [5, 5.41) is 0.204. The highest BCUT2D eigenvalue weighted by Crippen LogP contribution is 2.35. The molecule has 0 radical (unpaired) electrons. The summed E-state index contributed by atoms with van der Waals surface area (Å²) < 4.78 is 24.9. The molecular formula is C27H28O5P+. The predicted molar refractivity (Wildman–Crippen MR) is 131 cm³/mol. The van der Waals surface area contributed by atoms with E-state index < -0.39 is 19.1 Å². The monoisotopic (exact) mass is 463 g/mol. The molecule has 3 aromatic rings. The minimum absolute atomic E-state index is 0.197. The minimum Gasteiger partial charge on any atom is -0.493 e. The molecule has 5 nitrogen and oxygen atoms in total. The van der Waals surface area contributed by atoms with Gasteiger partial charge >= 0.3 is 13.3 Å². The zero-order valence-corrected chi connectivity index (χ0v) is 20.5. The fourth-order valence-electron chi connectivity index (χ4n) is 3.99. The summed E-state index contributed by atoms with van der Waals surface area (Å²) in [7, 11) is -2.53. The number of carbonyl (C=O) groups excluding carboxylic acids is 2. The molecule has 170 valence electrons. The molecule has 0 aliphatic heterocycles. The molecule has 0 N–H and O–H groups in total. The predicted octanol–water partition coefficient (Wildman–Crippen LogP) is 5.93. The van der Waals surface area contributed by atoms with Crippen molar-refractivity contribution in [1.29, 1.82) is 0 Å². The molecule has 3 rings (SSSR count). The Labute approximate surface area is 195 Å². The molecule has 0 aliphatic rings. The number of hydrogen-bond acceptors (Lipinski definition) is 5. The van der Waals surface area contributed by atoms with E-state index in [1.54, 1.807) is 42.5 Å². The summed E-state index contributed by atoms with van der Waals surface area (Å²) in [5.74, 6) is 0.372. The molecule has 0 saturated carbocycles. The number of aryl methyl sites for hydroxylation is 3. The Balaban J connectivity index is 2.11. The summed E-state index contributed by atoms with van der Waals surface area (Å²) in [5.41, 5.74) is 2.98. The van der Waals surface area contributed by atoms with Crippen molar-refractivity contribution in [3.05, 3.63) is 88.0 Å².